The number of aliphatic hydroxyl groups is 1. The number of nitrogens with zero attached hydrogens (tertiary/aromatic N) is 1. The second-order valence-electron chi connectivity index (χ2n) is 5.24. The van der Waals surface area contributed by atoms with Gasteiger partial charge in [0.25, 0.3) is 0 Å². The van der Waals surface area contributed by atoms with Gasteiger partial charge in [-0.25, -0.2) is 0 Å². The van der Waals surface area contributed by atoms with Crippen molar-refractivity contribution < 1.29 is 5.11 Å². The lowest BCUT2D eigenvalue weighted by molar-refractivity contribution is 0.0328. The molecule has 0 spiro atoms. The average molecular weight is 198 g/mol. The molecule has 0 unspecified atom stereocenters. The van der Waals surface area contributed by atoms with Crippen LogP contribution < -0.4 is 5.32 Å². The van der Waals surface area contributed by atoms with Gasteiger partial charge in [0.1, 0.15) is 0 Å². The van der Waals surface area contributed by atoms with Gasteiger partial charge in [0.15, 0.2) is 0 Å². The van der Waals surface area contributed by atoms with Crippen LogP contribution in [-0.2, 0) is 0 Å². The first-order valence-electron chi connectivity index (χ1n) is 5.77. The van der Waals surface area contributed by atoms with Gasteiger partial charge in [-0.1, -0.05) is 0 Å². The number of rotatable bonds is 1. The molecule has 3 heteroatoms. The van der Waals surface area contributed by atoms with Gasteiger partial charge in [0, 0.05) is 18.1 Å². The molecule has 0 aromatic rings. The summed E-state index contributed by atoms with van der Waals surface area (Å²) in [6.07, 6.45) is 3.25. The maximum absolute atomic E-state index is 9.65. The Labute approximate surface area is 86.5 Å². The van der Waals surface area contributed by atoms with Crippen molar-refractivity contribution in [2.24, 2.45) is 0 Å². The van der Waals surface area contributed by atoms with E-state index < -0.39 is 0 Å². The first-order valence-corrected chi connectivity index (χ1v) is 5.77. The summed E-state index contributed by atoms with van der Waals surface area (Å²) < 4.78 is 0. The van der Waals surface area contributed by atoms with Crippen LogP contribution in [0.3, 0.4) is 0 Å². The van der Waals surface area contributed by atoms with Crippen molar-refractivity contribution in [2.45, 2.75) is 50.8 Å². The van der Waals surface area contributed by atoms with E-state index in [0.29, 0.717) is 6.04 Å². The summed E-state index contributed by atoms with van der Waals surface area (Å²) >= 11 is 0. The first-order chi connectivity index (χ1) is 6.59. The van der Waals surface area contributed by atoms with Gasteiger partial charge < -0.3 is 10.4 Å². The topological polar surface area (TPSA) is 35.5 Å². The highest BCUT2D eigenvalue weighted by atomic mass is 16.3. The van der Waals surface area contributed by atoms with Crippen molar-refractivity contribution in [3.05, 3.63) is 0 Å². The van der Waals surface area contributed by atoms with Crippen LogP contribution >= 0.6 is 0 Å². The van der Waals surface area contributed by atoms with Crippen LogP contribution in [-0.4, -0.2) is 47.3 Å². The zero-order chi connectivity index (χ0) is 10.2. The minimum Gasteiger partial charge on any atom is -0.392 e. The highest BCUT2D eigenvalue weighted by molar-refractivity contribution is 4.99. The van der Waals surface area contributed by atoms with Gasteiger partial charge in [-0.05, 0) is 46.2 Å². The lowest BCUT2D eigenvalue weighted by Gasteiger charge is -2.40. The number of aliphatic hydroxyl groups excluding tert-OH is 1. The molecule has 2 N–H and O–H groups in total. The van der Waals surface area contributed by atoms with Crippen LogP contribution in [0.25, 0.3) is 0 Å². The molecule has 0 amide bonds. The quantitative estimate of drug-likeness (QED) is 0.647. The number of hydrogen-bond donors (Lipinski definition) is 2. The first kappa shape index (κ1) is 10.4. The minimum atomic E-state index is -0.0971. The van der Waals surface area contributed by atoms with Crippen LogP contribution in [0.4, 0.5) is 0 Å². The fourth-order valence-electron chi connectivity index (χ4n) is 2.92. The van der Waals surface area contributed by atoms with Gasteiger partial charge >= 0.3 is 0 Å². The smallest absolute Gasteiger partial charge is 0.0667 e. The van der Waals surface area contributed by atoms with Gasteiger partial charge in [0.05, 0.1) is 6.10 Å². The Morgan fingerprint density at radius 3 is 2.71 bits per heavy atom. The maximum atomic E-state index is 9.65. The standard InChI is InChI=1S/C11H22N2O/c1-11(2)10(5-6-12-11)13-7-3-4-9(14)8-13/h9-10,12,14H,3-8H2,1-2H3/t9-,10-/m0/s1. The third-order valence-electron chi connectivity index (χ3n) is 3.70. The molecule has 2 saturated heterocycles. The Balaban J connectivity index is 2.00. The molecular weight excluding hydrogens is 176 g/mol. The molecule has 2 aliphatic heterocycles. The van der Waals surface area contributed by atoms with Crippen LogP contribution in [0.1, 0.15) is 33.1 Å². The third-order valence-corrected chi connectivity index (χ3v) is 3.70. The predicted molar refractivity (Wildman–Crippen MR) is 57.3 cm³/mol. The zero-order valence-electron chi connectivity index (χ0n) is 9.29. The molecule has 82 valence electrons. The molecule has 2 fully saturated rings. The molecule has 2 aliphatic rings. The Morgan fingerprint density at radius 1 is 1.36 bits per heavy atom. The highest BCUT2D eigenvalue weighted by Crippen LogP contribution is 2.26. The van der Waals surface area contributed by atoms with E-state index in [-0.39, 0.29) is 11.6 Å². The number of likely N-dealkylation sites (tertiary alicyclic amines) is 1. The van der Waals surface area contributed by atoms with E-state index in [2.05, 4.69) is 24.1 Å². The summed E-state index contributed by atoms with van der Waals surface area (Å²) in [7, 11) is 0. The van der Waals surface area contributed by atoms with E-state index in [1.165, 1.54) is 6.42 Å². The number of β-amino-alcohol motifs (C(OH)–C–C–N with tert-alkyl or cyclic N) is 1. The van der Waals surface area contributed by atoms with Gasteiger partial charge in [0.2, 0.25) is 0 Å². The zero-order valence-corrected chi connectivity index (χ0v) is 9.29. The number of nitrogens with one attached hydrogen (secondary N) is 1. The van der Waals surface area contributed by atoms with Crippen LogP contribution in [0.15, 0.2) is 0 Å². The van der Waals surface area contributed by atoms with Crippen molar-refractivity contribution in [1.82, 2.24) is 10.2 Å². The summed E-state index contributed by atoms with van der Waals surface area (Å²) in [6, 6.07) is 0.609. The molecule has 0 aromatic carbocycles. The summed E-state index contributed by atoms with van der Waals surface area (Å²) in [6.45, 7) is 7.68. The van der Waals surface area contributed by atoms with Crippen molar-refractivity contribution in [3.8, 4) is 0 Å². The fraction of sp³-hybridized carbons (Fsp3) is 1.00. The highest BCUT2D eigenvalue weighted by Gasteiger charge is 2.39. The Hall–Kier alpha value is -0.120. The molecule has 0 saturated carbocycles. The molecular formula is C11H22N2O. The summed E-state index contributed by atoms with van der Waals surface area (Å²) in [4.78, 5) is 2.47. The summed E-state index contributed by atoms with van der Waals surface area (Å²) in [5, 5.41) is 13.2. The molecule has 2 rings (SSSR count). The normalized spacial score (nSPS) is 38.8. The van der Waals surface area contributed by atoms with Gasteiger partial charge in [-0.15, -0.1) is 0 Å². The van der Waals surface area contributed by atoms with Gasteiger partial charge in [-0.3, -0.25) is 4.90 Å². The van der Waals surface area contributed by atoms with Crippen LogP contribution in [0.5, 0.6) is 0 Å². The summed E-state index contributed by atoms with van der Waals surface area (Å²) in [5.74, 6) is 0. The van der Waals surface area contributed by atoms with E-state index in [4.69, 9.17) is 0 Å². The lowest BCUT2D eigenvalue weighted by atomic mass is 9.93. The van der Waals surface area contributed by atoms with E-state index in [1.54, 1.807) is 0 Å². The van der Waals surface area contributed by atoms with E-state index in [1.807, 2.05) is 0 Å². The van der Waals surface area contributed by atoms with Crippen molar-refractivity contribution >= 4 is 0 Å². The van der Waals surface area contributed by atoms with Crippen LogP contribution in [0.2, 0.25) is 0 Å². The lowest BCUT2D eigenvalue weighted by Crippen LogP contribution is -2.54. The van der Waals surface area contributed by atoms with Crippen molar-refractivity contribution in [3.63, 3.8) is 0 Å². The molecule has 2 atom stereocenters. The SMILES string of the molecule is CC1(C)NCC[C@@H]1N1CCC[C@H](O)C1. The Bertz CT molecular complexity index is 205. The van der Waals surface area contributed by atoms with Crippen molar-refractivity contribution in [2.75, 3.05) is 19.6 Å². The number of piperidine rings is 1. The Morgan fingerprint density at radius 2 is 2.14 bits per heavy atom. The van der Waals surface area contributed by atoms with Crippen LogP contribution in [0, 0.1) is 0 Å². The second kappa shape index (κ2) is 3.80. The van der Waals surface area contributed by atoms with Gasteiger partial charge in [-0.2, -0.15) is 0 Å². The second-order valence-corrected chi connectivity index (χ2v) is 5.24. The molecule has 0 aromatic heterocycles. The molecule has 3 nitrogen and oxygen atoms in total. The molecule has 0 bridgehead atoms. The molecule has 0 radical (unpaired) electrons. The predicted octanol–water partition coefficient (Wildman–Crippen LogP) is 0.584. The van der Waals surface area contributed by atoms with E-state index in [9.17, 15) is 5.11 Å². The molecule has 0 aliphatic carbocycles. The van der Waals surface area contributed by atoms with Crippen molar-refractivity contribution in [1.29, 1.82) is 0 Å². The monoisotopic (exact) mass is 198 g/mol. The van der Waals surface area contributed by atoms with E-state index >= 15 is 0 Å². The fourth-order valence-corrected chi connectivity index (χ4v) is 2.92. The molecule has 14 heavy (non-hydrogen) atoms. The molecule has 2 heterocycles. The maximum Gasteiger partial charge on any atom is 0.0667 e. The number of hydrogen-bond acceptors (Lipinski definition) is 3. The minimum absolute atomic E-state index is 0.0971. The average Bonchev–Trinajstić information content (AvgIpc) is 2.45. The summed E-state index contributed by atoms with van der Waals surface area (Å²) in [5.41, 5.74) is 0.219. The van der Waals surface area contributed by atoms with E-state index in [0.717, 1.165) is 32.5 Å². The third kappa shape index (κ3) is 1.95. The largest absolute Gasteiger partial charge is 0.392 e. The Kier molecular flexibility index (Phi) is 2.82.